The maximum atomic E-state index is 4.51. The number of para-hydroxylation sites is 3. The van der Waals surface area contributed by atoms with Crippen LogP contribution in [0.3, 0.4) is 0 Å². The van der Waals surface area contributed by atoms with Crippen molar-refractivity contribution in [3.05, 3.63) is 279 Å². The third-order valence-electron chi connectivity index (χ3n) is 13.5. The summed E-state index contributed by atoms with van der Waals surface area (Å²) in [6.45, 7) is 6.57. The highest BCUT2D eigenvalue weighted by Gasteiger charge is 2.21. The molecule has 0 bridgehead atoms. The first kappa shape index (κ1) is 41.5. The van der Waals surface area contributed by atoms with Crippen LogP contribution in [-0.2, 0) is 0 Å². The van der Waals surface area contributed by atoms with Crippen molar-refractivity contribution in [3.8, 4) is 55.9 Å². The molecule has 0 fully saturated rings. The summed E-state index contributed by atoms with van der Waals surface area (Å²) in [4.78, 5) is 0. The zero-order valence-electron chi connectivity index (χ0n) is 38.4. The molecule has 0 aliphatic heterocycles. The van der Waals surface area contributed by atoms with Gasteiger partial charge in [-0.1, -0.05) is 207 Å². The van der Waals surface area contributed by atoms with E-state index in [1.165, 1.54) is 88.1 Å². The number of rotatable bonds is 10. The lowest BCUT2D eigenvalue weighted by Gasteiger charge is -2.14. The van der Waals surface area contributed by atoms with Gasteiger partial charge in [0, 0.05) is 32.9 Å². The molecule has 326 valence electrons. The fraction of sp³-hybridized carbons (Fsp3) is 0.0149. The maximum Gasteiger partial charge on any atom is 0.0788 e. The van der Waals surface area contributed by atoms with E-state index in [4.69, 9.17) is 0 Å². The van der Waals surface area contributed by atoms with Crippen molar-refractivity contribution in [2.75, 3.05) is 0 Å². The Bertz CT molecular complexity index is 3950. The van der Waals surface area contributed by atoms with E-state index in [1.54, 1.807) is 0 Å². The van der Waals surface area contributed by atoms with Crippen LogP contribution in [0.5, 0.6) is 0 Å². The fourth-order valence-electron chi connectivity index (χ4n) is 10.3. The first-order chi connectivity index (χ1) is 34.1. The summed E-state index contributed by atoms with van der Waals surface area (Å²) in [5.41, 5.74) is 20.8. The predicted molar refractivity (Wildman–Crippen MR) is 295 cm³/mol. The minimum Gasteiger partial charge on any atom is -0.307 e. The molecule has 0 saturated carbocycles. The molecular formula is C67H48N2. The van der Waals surface area contributed by atoms with Crippen LogP contribution >= 0.6 is 0 Å². The van der Waals surface area contributed by atoms with Crippen molar-refractivity contribution in [3.63, 3.8) is 0 Å². The van der Waals surface area contributed by atoms with Crippen molar-refractivity contribution < 1.29 is 0 Å². The highest BCUT2D eigenvalue weighted by molar-refractivity contribution is 6.23. The van der Waals surface area contributed by atoms with Crippen LogP contribution in [0.15, 0.2) is 267 Å². The number of hydrogen-bond acceptors (Lipinski definition) is 0. The van der Waals surface area contributed by atoms with E-state index in [1.807, 2.05) is 0 Å². The molecule has 0 aliphatic carbocycles. The lowest BCUT2D eigenvalue weighted by atomic mass is 9.94. The van der Waals surface area contributed by atoms with E-state index in [0.29, 0.717) is 0 Å². The largest absolute Gasteiger partial charge is 0.307 e. The molecule has 2 nitrogen and oxygen atoms in total. The van der Waals surface area contributed by atoms with Crippen LogP contribution in [0, 0.1) is 0 Å². The normalized spacial score (nSPS) is 11.9. The Morgan fingerprint density at radius 1 is 0.348 bits per heavy atom. The van der Waals surface area contributed by atoms with Gasteiger partial charge in [0.2, 0.25) is 0 Å². The number of hydrogen-bond donors (Lipinski definition) is 0. The summed E-state index contributed by atoms with van der Waals surface area (Å²) in [5, 5.41) is 4.97. The van der Waals surface area contributed by atoms with E-state index in [9.17, 15) is 0 Å². The highest BCUT2D eigenvalue weighted by Crippen LogP contribution is 2.42. The molecule has 12 aromatic rings. The van der Waals surface area contributed by atoms with E-state index >= 15 is 0 Å². The van der Waals surface area contributed by atoms with Crippen molar-refractivity contribution in [1.82, 2.24) is 9.13 Å². The molecule has 12 rings (SSSR count). The molecule has 0 radical (unpaired) electrons. The Labute approximate surface area is 403 Å². The Hall–Kier alpha value is -8.98. The van der Waals surface area contributed by atoms with Gasteiger partial charge in [-0.25, -0.2) is 0 Å². The average Bonchev–Trinajstić information content (AvgIpc) is 3.95. The van der Waals surface area contributed by atoms with Crippen molar-refractivity contribution in [1.29, 1.82) is 0 Å². The highest BCUT2D eigenvalue weighted by atomic mass is 15.0. The second kappa shape index (κ2) is 17.7. The van der Waals surface area contributed by atoms with Crippen LogP contribution in [0.4, 0.5) is 0 Å². The number of nitrogens with zero attached hydrogens (tertiary/aromatic N) is 2. The average molecular weight is 881 g/mol. The quantitative estimate of drug-likeness (QED) is 0.121. The third-order valence-corrected chi connectivity index (χ3v) is 13.5. The molecule has 0 amide bonds. The van der Waals surface area contributed by atoms with Crippen LogP contribution in [0.25, 0.3) is 111 Å². The number of aromatic nitrogens is 2. The monoisotopic (exact) mass is 880 g/mol. The molecule has 2 heteroatoms. The van der Waals surface area contributed by atoms with Gasteiger partial charge in [-0.15, -0.1) is 0 Å². The van der Waals surface area contributed by atoms with E-state index < -0.39 is 0 Å². The van der Waals surface area contributed by atoms with Gasteiger partial charge in [0.25, 0.3) is 0 Å². The smallest absolute Gasteiger partial charge is 0.0788 e. The standard InChI is InChI=1S/C67H48N2/c1-3-18-51(41-46(2)50-21-14-22-52(42-50)47-19-6-4-7-20-47)55-25-15-23-53(43-55)48-35-37-49(38-36-48)54-24-16-26-56(44-54)57-27-17-30-59(45-57)69-65-34-13-11-32-61(65)63-40-39-62-60-31-10-12-33-64(60)68(66(62)67(63)69)58-28-8-5-9-29-58/h3-45H,2H2,1H3/b18-3-,51-41+. The minimum absolute atomic E-state index is 0.973. The molecule has 2 heterocycles. The van der Waals surface area contributed by atoms with Crippen LogP contribution in [0.2, 0.25) is 0 Å². The summed E-state index contributed by atoms with van der Waals surface area (Å²) in [7, 11) is 0. The molecule has 10 aromatic carbocycles. The molecular weight excluding hydrogens is 833 g/mol. The minimum atomic E-state index is 0.973. The number of allylic oxidation sites excluding steroid dienone is 5. The fourth-order valence-corrected chi connectivity index (χ4v) is 10.3. The van der Waals surface area contributed by atoms with Crippen molar-refractivity contribution >= 4 is 54.8 Å². The van der Waals surface area contributed by atoms with Gasteiger partial charge in [0.15, 0.2) is 0 Å². The lowest BCUT2D eigenvalue weighted by Crippen LogP contribution is -1.98. The van der Waals surface area contributed by atoms with Gasteiger partial charge in [-0.3, -0.25) is 0 Å². The second-order valence-corrected chi connectivity index (χ2v) is 17.8. The van der Waals surface area contributed by atoms with Crippen LogP contribution in [0.1, 0.15) is 18.1 Å². The van der Waals surface area contributed by atoms with Crippen LogP contribution in [-0.4, -0.2) is 9.13 Å². The summed E-state index contributed by atoms with van der Waals surface area (Å²) in [6, 6.07) is 87.9. The molecule has 69 heavy (non-hydrogen) atoms. The first-order valence-corrected chi connectivity index (χ1v) is 23.7. The van der Waals surface area contributed by atoms with Gasteiger partial charge in [0.1, 0.15) is 0 Å². The predicted octanol–water partition coefficient (Wildman–Crippen LogP) is 18.2. The van der Waals surface area contributed by atoms with Crippen molar-refractivity contribution in [2.24, 2.45) is 0 Å². The summed E-state index contributed by atoms with van der Waals surface area (Å²) >= 11 is 0. The SMILES string of the molecule is C=C(/C=C(\C=C/C)c1cccc(-c2ccc(-c3cccc(-c4cccc(-n5c6ccccc6c6ccc7c8ccccc8n(-c8ccccc8)c7c65)c4)c3)cc2)c1)c1cccc(-c2ccccc2)c1. The zero-order valence-corrected chi connectivity index (χ0v) is 38.4. The van der Waals surface area contributed by atoms with Gasteiger partial charge >= 0.3 is 0 Å². The third kappa shape index (κ3) is 7.59. The van der Waals surface area contributed by atoms with Gasteiger partial charge in [0.05, 0.1) is 22.1 Å². The Balaban J connectivity index is 0.874. The Morgan fingerprint density at radius 3 is 1.38 bits per heavy atom. The molecule has 0 N–H and O–H groups in total. The number of fused-ring (bicyclic) bond motifs is 7. The molecule has 0 atom stereocenters. The first-order valence-electron chi connectivity index (χ1n) is 23.7. The molecule has 2 aromatic heterocycles. The summed E-state index contributed by atoms with van der Waals surface area (Å²) in [5.74, 6) is 0. The van der Waals surface area contributed by atoms with E-state index in [-0.39, 0.29) is 0 Å². The molecule has 0 unspecified atom stereocenters. The summed E-state index contributed by atoms with van der Waals surface area (Å²) < 4.78 is 4.92. The maximum absolute atomic E-state index is 4.51. The van der Waals surface area contributed by atoms with Gasteiger partial charge < -0.3 is 9.13 Å². The van der Waals surface area contributed by atoms with Crippen molar-refractivity contribution in [2.45, 2.75) is 6.92 Å². The Kier molecular flexibility index (Phi) is 10.6. The topological polar surface area (TPSA) is 9.86 Å². The van der Waals surface area contributed by atoms with Crippen LogP contribution < -0.4 is 0 Å². The Morgan fingerprint density at radius 2 is 0.768 bits per heavy atom. The summed E-state index contributed by atoms with van der Waals surface area (Å²) in [6.07, 6.45) is 6.47. The zero-order chi connectivity index (χ0) is 46.3. The number of benzene rings is 10. The van der Waals surface area contributed by atoms with E-state index in [0.717, 1.165) is 33.6 Å². The lowest BCUT2D eigenvalue weighted by molar-refractivity contribution is 1.15. The molecule has 0 aliphatic rings. The molecule has 0 spiro atoms. The molecule has 0 saturated heterocycles. The van der Waals surface area contributed by atoms with Gasteiger partial charge in [-0.2, -0.15) is 0 Å². The van der Waals surface area contributed by atoms with Gasteiger partial charge in [-0.05, 0) is 134 Å². The second-order valence-electron chi connectivity index (χ2n) is 17.8. The van der Waals surface area contributed by atoms with E-state index in [2.05, 4.69) is 284 Å².